The smallest absolute Gasteiger partial charge is 0.114 e. The van der Waals surface area contributed by atoms with E-state index in [4.69, 9.17) is 0 Å². The summed E-state index contributed by atoms with van der Waals surface area (Å²) in [4.78, 5) is 4.32. The van der Waals surface area contributed by atoms with E-state index in [1.165, 1.54) is 27.5 Å². The van der Waals surface area contributed by atoms with Crippen LogP contribution in [-0.4, -0.2) is 24.3 Å². The molecule has 134 valence electrons. The summed E-state index contributed by atoms with van der Waals surface area (Å²) in [6.07, 6.45) is 11.2. The molecule has 0 N–H and O–H groups in total. The molecule has 0 saturated heterocycles. The Kier molecular flexibility index (Phi) is 4.23. The van der Waals surface area contributed by atoms with Crippen LogP contribution >= 0.6 is 0 Å². The number of aromatic nitrogens is 5. The number of hydrogen-bond acceptors (Lipinski definition) is 3. The van der Waals surface area contributed by atoms with Crippen molar-refractivity contribution in [3.63, 3.8) is 0 Å². The van der Waals surface area contributed by atoms with Crippen LogP contribution in [0.4, 0.5) is 0 Å². The average Bonchev–Trinajstić information content (AvgIpc) is 3.19. The van der Waals surface area contributed by atoms with Gasteiger partial charge in [0.05, 0.1) is 17.2 Å². The van der Waals surface area contributed by atoms with E-state index in [9.17, 15) is 0 Å². The Labute approximate surface area is 153 Å². The monoisotopic (exact) mass is 347 g/mol. The molecule has 26 heavy (non-hydrogen) atoms. The van der Waals surface area contributed by atoms with E-state index in [1.54, 1.807) is 6.20 Å². The van der Waals surface area contributed by atoms with Gasteiger partial charge in [-0.15, -0.1) is 5.10 Å². The number of nitrogens with zero attached hydrogens (tertiary/aromatic N) is 5. The number of pyridine rings is 1. The lowest BCUT2D eigenvalue weighted by atomic mass is 9.98. The fourth-order valence-corrected chi connectivity index (χ4v) is 3.81. The van der Waals surface area contributed by atoms with Crippen molar-refractivity contribution in [1.29, 1.82) is 0 Å². The first kappa shape index (κ1) is 16.8. The Balaban J connectivity index is 1.62. The van der Waals surface area contributed by atoms with Crippen molar-refractivity contribution in [3.05, 3.63) is 54.2 Å². The highest BCUT2D eigenvalue weighted by Gasteiger charge is 2.16. The Bertz CT molecular complexity index is 1060. The van der Waals surface area contributed by atoms with E-state index < -0.39 is 0 Å². The van der Waals surface area contributed by atoms with Crippen LogP contribution in [0, 0.1) is 0 Å². The van der Waals surface area contributed by atoms with Crippen LogP contribution in [0.25, 0.3) is 21.9 Å². The molecular weight excluding hydrogens is 322 g/mol. The predicted octanol–water partition coefficient (Wildman–Crippen LogP) is 4.64. The molecule has 0 bridgehead atoms. The second-order valence-electron chi connectivity index (χ2n) is 7.48. The Morgan fingerprint density at radius 3 is 2.62 bits per heavy atom. The summed E-state index contributed by atoms with van der Waals surface area (Å²) in [5.74, 6) is 0.898. The zero-order valence-corrected chi connectivity index (χ0v) is 15.8. The molecule has 1 unspecified atom stereocenters. The van der Waals surface area contributed by atoms with Crippen LogP contribution in [0.2, 0.25) is 0 Å². The summed E-state index contributed by atoms with van der Waals surface area (Å²) in [7, 11) is 2.10. The second-order valence-corrected chi connectivity index (χ2v) is 7.48. The zero-order chi connectivity index (χ0) is 18.3. The van der Waals surface area contributed by atoms with Crippen LogP contribution in [0.1, 0.15) is 50.2 Å². The molecule has 0 saturated carbocycles. The Hall–Kier alpha value is -2.69. The molecule has 1 atom stereocenters. The van der Waals surface area contributed by atoms with E-state index in [0.717, 1.165) is 18.5 Å². The van der Waals surface area contributed by atoms with Crippen molar-refractivity contribution in [2.45, 2.75) is 45.6 Å². The molecule has 0 aliphatic heterocycles. The van der Waals surface area contributed by atoms with E-state index in [-0.39, 0.29) is 0 Å². The summed E-state index contributed by atoms with van der Waals surface area (Å²) in [5.41, 5.74) is 6.09. The molecule has 0 aliphatic carbocycles. The minimum absolute atomic E-state index is 0.442. The molecule has 5 nitrogen and oxygen atoms in total. The van der Waals surface area contributed by atoms with Crippen LogP contribution in [0.5, 0.6) is 0 Å². The van der Waals surface area contributed by atoms with Gasteiger partial charge in [-0.3, -0.25) is 4.98 Å². The molecule has 0 amide bonds. The molecule has 0 aliphatic rings. The van der Waals surface area contributed by atoms with E-state index in [2.05, 4.69) is 76.7 Å². The molecule has 0 radical (unpaired) electrons. The normalized spacial score (nSPS) is 13.1. The third-order valence-electron chi connectivity index (χ3n) is 5.35. The van der Waals surface area contributed by atoms with Gasteiger partial charge >= 0.3 is 0 Å². The van der Waals surface area contributed by atoms with Crippen molar-refractivity contribution in [2.24, 2.45) is 7.05 Å². The molecule has 4 aromatic heterocycles. The van der Waals surface area contributed by atoms with Gasteiger partial charge in [0.2, 0.25) is 0 Å². The van der Waals surface area contributed by atoms with Crippen LogP contribution in [0.3, 0.4) is 0 Å². The maximum Gasteiger partial charge on any atom is 0.114 e. The van der Waals surface area contributed by atoms with E-state index in [0.29, 0.717) is 11.8 Å². The van der Waals surface area contributed by atoms with Crippen molar-refractivity contribution in [2.75, 3.05) is 0 Å². The van der Waals surface area contributed by atoms with Crippen molar-refractivity contribution in [1.82, 2.24) is 24.3 Å². The molecule has 5 heteroatoms. The molecule has 4 aromatic rings. The Morgan fingerprint density at radius 2 is 1.81 bits per heavy atom. The maximum atomic E-state index is 4.37. The summed E-state index contributed by atoms with van der Waals surface area (Å²) < 4.78 is 4.53. The van der Waals surface area contributed by atoms with Gasteiger partial charge in [-0.05, 0) is 36.0 Å². The van der Waals surface area contributed by atoms with Gasteiger partial charge in [0.25, 0.3) is 0 Å². The fraction of sp³-hybridized carbons (Fsp3) is 0.381. The molecule has 4 rings (SSSR count). The zero-order valence-electron chi connectivity index (χ0n) is 15.8. The molecule has 4 heterocycles. The first-order chi connectivity index (χ1) is 12.6. The maximum absolute atomic E-state index is 4.37. The van der Waals surface area contributed by atoms with Gasteiger partial charge < -0.3 is 9.13 Å². The van der Waals surface area contributed by atoms with Crippen LogP contribution in [0.15, 0.2) is 43.1 Å². The van der Waals surface area contributed by atoms with Gasteiger partial charge in [-0.25, -0.2) is 0 Å². The highest BCUT2D eigenvalue weighted by molar-refractivity contribution is 5.83. The third kappa shape index (κ3) is 2.77. The molecule has 0 aromatic carbocycles. The summed E-state index contributed by atoms with van der Waals surface area (Å²) in [6.45, 7) is 7.68. The van der Waals surface area contributed by atoms with Gasteiger partial charge in [0, 0.05) is 49.3 Å². The largest absolute Gasteiger partial charge is 0.350 e. The minimum atomic E-state index is 0.442. The lowest BCUT2D eigenvalue weighted by Gasteiger charge is -2.12. The first-order valence-electron chi connectivity index (χ1n) is 9.25. The minimum Gasteiger partial charge on any atom is -0.350 e. The number of aryl methyl sites for hydroxylation is 2. The van der Waals surface area contributed by atoms with Crippen LogP contribution < -0.4 is 0 Å². The lowest BCUT2D eigenvalue weighted by Crippen LogP contribution is -2.02. The second kappa shape index (κ2) is 6.56. The van der Waals surface area contributed by atoms with Crippen LogP contribution in [-0.2, 0) is 13.6 Å². The Morgan fingerprint density at radius 1 is 1.00 bits per heavy atom. The van der Waals surface area contributed by atoms with Gasteiger partial charge in [0.15, 0.2) is 0 Å². The highest BCUT2D eigenvalue weighted by Crippen LogP contribution is 2.30. The SMILES string of the molecule is CC(C)c1cn(CCC(C)c2cn(C)c3ccncc23)c2ccnnc12. The van der Waals surface area contributed by atoms with Gasteiger partial charge in [-0.1, -0.05) is 20.8 Å². The number of fused-ring (bicyclic) bond motifs is 2. The number of rotatable bonds is 5. The van der Waals surface area contributed by atoms with Crippen molar-refractivity contribution in [3.8, 4) is 0 Å². The highest BCUT2D eigenvalue weighted by atomic mass is 15.1. The fourth-order valence-electron chi connectivity index (χ4n) is 3.81. The first-order valence-corrected chi connectivity index (χ1v) is 9.25. The van der Waals surface area contributed by atoms with E-state index >= 15 is 0 Å². The topological polar surface area (TPSA) is 48.5 Å². The van der Waals surface area contributed by atoms with Crippen molar-refractivity contribution < 1.29 is 0 Å². The predicted molar refractivity (Wildman–Crippen MR) is 105 cm³/mol. The van der Waals surface area contributed by atoms with E-state index in [1.807, 2.05) is 12.4 Å². The lowest BCUT2D eigenvalue weighted by molar-refractivity contribution is 0.588. The third-order valence-corrected chi connectivity index (χ3v) is 5.35. The number of hydrogen-bond donors (Lipinski definition) is 0. The van der Waals surface area contributed by atoms with Gasteiger partial charge in [0.1, 0.15) is 5.52 Å². The summed E-state index contributed by atoms with van der Waals surface area (Å²) >= 11 is 0. The summed E-state index contributed by atoms with van der Waals surface area (Å²) in [6, 6.07) is 4.15. The summed E-state index contributed by atoms with van der Waals surface area (Å²) in [5, 5.41) is 9.70. The van der Waals surface area contributed by atoms with Gasteiger partial charge in [-0.2, -0.15) is 5.10 Å². The molecule has 0 spiro atoms. The standard InChI is InChI=1S/C21H25N5/c1-14(2)17-13-26(20-6-9-23-24-21(17)20)10-7-15(3)18-12-25(4)19-5-8-22-11-16(18)19/h5-6,8-9,11-15H,7,10H2,1-4H3. The quantitative estimate of drug-likeness (QED) is 0.528. The average molecular weight is 347 g/mol. The molecule has 0 fully saturated rings. The molecular formula is C21H25N5. The van der Waals surface area contributed by atoms with Crippen molar-refractivity contribution >= 4 is 21.9 Å².